The standard InChI is InChI=1S/C25H23NO3/c1-18(19-8-4-2-5-9-19)26-17-22(16-24(26)27)25(28)29-23-14-12-21(13-15-23)20-10-6-3-7-11-20/h2-15,18,22H,16-17H2,1H3/t18-,22-/m0/s1. The summed E-state index contributed by atoms with van der Waals surface area (Å²) in [5.74, 6) is -0.310. The lowest BCUT2D eigenvalue weighted by molar-refractivity contribution is -0.139. The molecule has 1 aliphatic heterocycles. The summed E-state index contributed by atoms with van der Waals surface area (Å²) < 4.78 is 5.55. The molecule has 4 nitrogen and oxygen atoms in total. The van der Waals surface area contributed by atoms with Gasteiger partial charge in [-0.3, -0.25) is 9.59 Å². The Labute approximate surface area is 170 Å². The highest BCUT2D eigenvalue weighted by Crippen LogP contribution is 2.30. The van der Waals surface area contributed by atoms with Crippen LogP contribution in [-0.2, 0) is 9.59 Å². The molecule has 0 radical (unpaired) electrons. The Balaban J connectivity index is 1.40. The molecule has 1 amide bonds. The average Bonchev–Trinajstić information content (AvgIpc) is 3.17. The van der Waals surface area contributed by atoms with Crippen molar-refractivity contribution in [3.05, 3.63) is 90.5 Å². The van der Waals surface area contributed by atoms with Crippen molar-refractivity contribution < 1.29 is 14.3 Å². The first-order valence-electron chi connectivity index (χ1n) is 9.83. The molecule has 0 saturated carbocycles. The van der Waals surface area contributed by atoms with Crippen molar-refractivity contribution in [3.8, 4) is 16.9 Å². The maximum absolute atomic E-state index is 12.6. The third-order valence-corrected chi connectivity index (χ3v) is 5.42. The third-order valence-electron chi connectivity index (χ3n) is 5.42. The summed E-state index contributed by atoms with van der Waals surface area (Å²) in [6.45, 7) is 2.37. The lowest BCUT2D eigenvalue weighted by Crippen LogP contribution is -2.30. The second kappa shape index (κ2) is 8.31. The van der Waals surface area contributed by atoms with Gasteiger partial charge < -0.3 is 9.64 Å². The smallest absolute Gasteiger partial charge is 0.316 e. The maximum Gasteiger partial charge on any atom is 0.316 e. The molecule has 1 aliphatic rings. The van der Waals surface area contributed by atoms with E-state index in [9.17, 15) is 9.59 Å². The fraction of sp³-hybridized carbons (Fsp3) is 0.200. The Morgan fingerprint density at radius 1 is 0.897 bits per heavy atom. The number of amides is 1. The lowest BCUT2D eigenvalue weighted by atomic mass is 10.1. The number of hydrogen-bond acceptors (Lipinski definition) is 3. The van der Waals surface area contributed by atoms with Gasteiger partial charge in [-0.05, 0) is 35.7 Å². The quantitative estimate of drug-likeness (QED) is 0.465. The summed E-state index contributed by atoms with van der Waals surface area (Å²) in [4.78, 5) is 26.9. The predicted octanol–water partition coefficient (Wildman–Crippen LogP) is 4.87. The minimum absolute atomic E-state index is 0.0114. The van der Waals surface area contributed by atoms with Crippen molar-refractivity contribution in [2.24, 2.45) is 5.92 Å². The number of likely N-dealkylation sites (tertiary alicyclic amines) is 1. The Hall–Kier alpha value is -3.40. The lowest BCUT2D eigenvalue weighted by Gasteiger charge is -2.25. The molecule has 3 aromatic rings. The summed E-state index contributed by atoms with van der Waals surface area (Å²) in [6.07, 6.45) is 0.193. The fourth-order valence-electron chi connectivity index (χ4n) is 3.72. The van der Waals surface area contributed by atoms with Crippen molar-refractivity contribution in [2.45, 2.75) is 19.4 Å². The molecule has 29 heavy (non-hydrogen) atoms. The van der Waals surface area contributed by atoms with E-state index in [1.165, 1.54) is 0 Å². The van der Waals surface area contributed by atoms with Crippen LogP contribution in [0, 0.1) is 5.92 Å². The summed E-state index contributed by atoms with van der Waals surface area (Å²) in [6, 6.07) is 27.3. The van der Waals surface area contributed by atoms with Crippen LogP contribution in [0.25, 0.3) is 11.1 Å². The summed E-state index contributed by atoms with van der Waals surface area (Å²) in [5.41, 5.74) is 3.23. The topological polar surface area (TPSA) is 46.6 Å². The van der Waals surface area contributed by atoms with E-state index in [-0.39, 0.29) is 24.3 Å². The Kier molecular flexibility index (Phi) is 5.43. The monoisotopic (exact) mass is 385 g/mol. The van der Waals surface area contributed by atoms with Gasteiger partial charge in [0.05, 0.1) is 12.0 Å². The zero-order valence-electron chi connectivity index (χ0n) is 16.3. The molecule has 0 aromatic heterocycles. The van der Waals surface area contributed by atoms with Gasteiger partial charge in [0.25, 0.3) is 0 Å². The third kappa shape index (κ3) is 4.21. The number of hydrogen-bond donors (Lipinski definition) is 0. The van der Waals surface area contributed by atoms with Crippen molar-refractivity contribution in [2.75, 3.05) is 6.54 Å². The van der Waals surface area contributed by atoms with Gasteiger partial charge >= 0.3 is 5.97 Å². The Bertz CT molecular complexity index is 984. The zero-order chi connectivity index (χ0) is 20.2. The van der Waals surface area contributed by atoms with Crippen LogP contribution < -0.4 is 4.74 Å². The highest BCUT2D eigenvalue weighted by atomic mass is 16.5. The summed E-state index contributed by atoms with van der Waals surface area (Å²) >= 11 is 0. The molecule has 0 N–H and O–H groups in total. The molecule has 1 fully saturated rings. The molecular formula is C25H23NO3. The molecule has 0 aliphatic carbocycles. The SMILES string of the molecule is C[C@@H](c1ccccc1)N1C[C@@H](C(=O)Oc2ccc(-c3ccccc3)cc2)CC1=O. The van der Waals surface area contributed by atoms with Crippen molar-refractivity contribution in [1.82, 2.24) is 4.90 Å². The van der Waals surface area contributed by atoms with Crippen molar-refractivity contribution >= 4 is 11.9 Å². The largest absolute Gasteiger partial charge is 0.426 e. The first kappa shape index (κ1) is 18.9. The van der Waals surface area contributed by atoms with E-state index in [1.807, 2.05) is 79.7 Å². The van der Waals surface area contributed by atoms with Crippen LogP contribution in [0.2, 0.25) is 0 Å². The van der Waals surface area contributed by atoms with E-state index in [0.29, 0.717) is 12.3 Å². The molecular weight excluding hydrogens is 362 g/mol. The van der Waals surface area contributed by atoms with Crippen LogP contribution in [0.4, 0.5) is 0 Å². The zero-order valence-corrected chi connectivity index (χ0v) is 16.3. The summed E-state index contributed by atoms with van der Waals surface area (Å²) in [5, 5.41) is 0. The van der Waals surface area contributed by atoms with Gasteiger partial charge in [-0.25, -0.2) is 0 Å². The number of carbonyl (C=O) groups is 2. The molecule has 3 aromatic carbocycles. The van der Waals surface area contributed by atoms with Gasteiger partial charge in [0.1, 0.15) is 5.75 Å². The van der Waals surface area contributed by atoms with E-state index in [2.05, 4.69) is 0 Å². The van der Waals surface area contributed by atoms with Crippen molar-refractivity contribution in [1.29, 1.82) is 0 Å². The maximum atomic E-state index is 12.6. The van der Waals surface area contributed by atoms with Gasteiger partial charge in [-0.2, -0.15) is 0 Å². The van der Waals surface area contributed by atoms with E-state index in [4.69, 9.17) is 4.74 Å². The second-order valence-electron chi connectivity index (χ2n) is 7.35. The molecule has 0 bridgehead atoms. The van der Waals surface area contributed by atoms with E-state index in [0.717, 1.165) is 16.7 Å². The predicted molar refractivity (Wildman–Crippen MR) is 112 cm³/mol. The van der Waals surface area contributed by atoms with E-state index in [1.54, 1.807) is 17.0 Å². The number of carbonyl (C=O) groups excluding carboxylic acids is 2. The first-order valence-corrected chi connectivity index (χ1v) is 9.83. The molecule has 1 saturated heterocycles. The van der Waals surface area contributed by atoms with Crippen LogP contribution in [0.1, 0.15) is 24.9 Å². The number of benzene rings is 3. The van der Waals surface area contributed by atoms with Crippen molar-refractivity contribution in [3.63, 3.8) is 0 Å². The molecule has 4 heteroatoms. The van der Waals surface area contributed by atoms with Gasteiger partial charge in [0.2, 0.25) is 5.91 Å². The molecule has 2 atom stereocenters. The molecule has 1 heterocycles. The highest BCUT2D eigenvalue weighted by molar-refractivity contribution is 5.88. The molecule has 146 valence electrons. The Morgan fingerprint density at radius 2 is 1.48 bits per heavy atom. The number of rotatable bonds is 5. The summed E-state index contributed by atoms with van der Waals surface area (Å²) in [7, 11) is 0. The van der Waals surface area contributed by atoms with Crippen LogP contribution in [0.15, 0.2) is 84.9 Å². The number of esters is 1. The fourth-order valence-corrected chi connectivity index (χ4v) is 3.72. The van der Waals surface area contributed by atoms with Crippen LogP contribution in [0.5, 0.6) is 5.75 Å². The Morgan fingerprint density at radius 3 is 2.14 bits per heavy atom. The molecule has 4 rings (SSSR count). The normalized spacial score (nSPS) is 17.2. The first-order chi connectivity index (χ1) is 14.1. The van der Waals surface area contributed by atoms with Crippen LogP contribution in [-0.4, -0.2) is 23.3 Å². The van der Waals surface area contributed by atoms with Gasteiger partial charge in [0, 0.05) is 13.0 Å². The van der Waals surface area contributed by atoms with Gasteiger partial charge in [-0.15, -0.1) is 0 Å². The second-order valence-corrected chi connectivity index (χ2v) is 7.35. The van der Waals surface area contributed by atoms with E-state index >= 15 is 0 Å². The number of nitrogens with zero attached hydrogens (tertiary/aromatic N) is 1. The number of ether oxygens (including phenoxy) is 1. The molecule has 0 unspecified atom stereocenters. The van der Waals surface area contributed by atoms with Gasteiger partial charge in [-0.1, -0.05) is 72.8 Å². The average molecular weight is 385 g/mol. The van der Waals surface area contributed by atoms with Gasteiger partial charge in [0.15, 0.2) is 0 Å². The van der Waals surface area contributed by atoms with Crippen LogP contribution in [0.3, 0.4) is 0 Å². The minimum Gasteiger partial charge on any atom is -0.426 e. The molecule has 0 spiro atoms. The minimum atomic E-state index is -0.442. The van der Waals surface area contributed by atoms with Crippen LogP contribution >= 0.6 is 0 Å². The van der Waals surface area contributed by atoms with E-state index < -0.39 is 5.92 Å². The highest BCUT2D eigenvalue weighted by Gasteiger charge is 2.38.